The van der Waals surface area contributed by atoms with Crippen LogP contribution < -0.4 is 15.2 Å². The molecule has 0 aliphatic carbocycles. The number of nitrogens with zero attached hydrogens (tertiary/aromatic N) is 1. The minimum absolute atomic E-state index is 0.0670. The molecule has 3 rings (SSSR count). The summed E-state index contributed by atoms with van der Waals surface area (Å²) in [5, 5.41) is 0. The van der Waals surface area contributed by atoms with Crippen LogP contribution in [0.4, 0.5) is 0 Å². The van der Waals surface area contributed by atoms with Crippen molar-refractivity contribution < 1.29 is 9.47 Å². The lowest BCUT2D eigenvalue weighted by Crippen LogP contribution is -2.50. The van der Waals surface area contributed by atoms with Gasteiger partial charge in [0.25, 0.3) is 0 Å². The molecule has 1 unspecified atom stereocenters. The highest BCUT2D eigenvalue weighted by Crippen LogP contribution is 2.44. The number of hydrogen-bond acceptors (Lipinski definition) is 4. The smallest absolute Gasteiger partial charge is 0.128 e. The second-order valence-electron chi connectivity index (χ2n) is 6.45. The highest BCUT2D eigenvalue weighted by Gasteiger charge is 2.41. The molecule has 116 valence electrons. The van der Waals surface area contributed by atoms with Crippen LogP contribution in [0.25, 0.3) is 0 Å². The summed E-state index contributed by atoms with van der Waals surface area (Å²) in [5.41, 5.74) is 7.44. The third-order valence-electron chi connectivity index (χ3n) is 4.67. The molecule has 2 N–H and O–H groups in total. The topological polar surface area (TPSA) is 47.7 Å². The zero-order valence-electron chi connectivity index (χ0n) is 13.1. The molecule has 1 saturated heterocycles. The van der Waals surface area contributed by atoms with Crippen molar-refractivity contribution in [2.45, 2.75) is 44.2 Å². The van der Waals surface area contributed by atoms with E-state index in [2.05, 4.69) is 24.9 Å². The lowest BCUT2D eigenvalue weighted by molar-refractivity contribution is -0.0165. The summed E-state index contributed by atoms with van der Waals surface area (Å²) in [5.74, 6) is 1.81. The van der Waals surface area contributed by atoms with E-state index in [1.807, 2.05) is 12.1 Å². The van der Waals surface area contributed by atoms with Crippen molar-refractivity contribution in [2.75, 3.05) is 26.7 Å². The zero-order valence-corrected chi connectivity index (χ0v) is 13.1. The second kappa shape index (κ2) is 5.85. The van der Waals surface area contributed by atoms with Gasteiger partial charge in [0, 0.05) is 37.2 Å². The van der Waals surface area contributed by atoms with Crippen LogP contribution in [0.2, 0.25) is 0 Å². The molecular weight excluding hydrogens is 264 g/mol. The summed E-state index contributed by atoms with van der Waals surface area (Å²) in [6, 6.07) is 6.15. The van der Waals surface area contributed by atoms with E-state index in [1.165, 1.54) is 0 Å². The molecule has 1 fully saturated rings. The third-order valence-corrected chi connectivity index (χ3v) is 4.67. The molecular formula is C17H26N2O2. The van der Waals surface area contributed by atoms with Gasteiger partial charge in [0.2, 0.25) is 0 Å². The van der Waals surface area contributed by atoms with Gasteiger partial charge in [0.15, 0.2) is 0 Å². The van der Waals surface area contributed by atoms with Crippen LogP contribution in [0.1, 0.15) is 44.2 Å². The van der Waals surface area contributed by atoms with Crippen LogP contribution in [0.15, 0.2) is 18.2 Å². The number of fused-ring (bicyclic) bond motifs is 1. The SMILES string of the molecule is CCCOc1ccc2c(c1)OC1(CCN(C)CC1)CC2N. The van der Waals surface area contributed by atoms with Crippen LogP contribution in [0.5, 0.6) is 11.5 Å². The van der Waals surface area contributed by atoms with Crippen molar-refractivity contribution in [3.05, 3.63) is 23.8 Å². The largest absolute Gasteiger partial charge is 0.493 e. The van der Waals surface area contributed by atoms with E-state index < -0.39 is 0 Å². The first-order valence-electron chi connectivity index (χ1n) is 8.02. The number of rotatable bonds is 3. The zero-order chi connectivity index (χ0) is 14.9. The van der Waals surface area contributed by atoms with Gasteiger partial charge in [-0.25, -0.2) is 0 Å². The van der Waals surface area contributed by atoms with Gasteiger partial charge in [-0.2, -0.15) is 0 Å². The third kappa shape index (κ3) is 3.01. The maximum Gasteiger partial charge on any atom is 0.128 e. The van der Waals surface area contributed by atoms with Crippen LogP contribution in [-0.4, -0.2) is 37.2 Å². The van der Waals surface area contributed by atoms with Crippen molar-refractivity contribution in [2.24, 2.45) is 5.73 Å². The van der Waals surface area contributed by atoms with Crippen LogP contribution in [0, 0.1) is 0 Å². The molecule has 1 aromatic rings. The molecule has 0 aromatic heterocycles. The molecule has 0 radical (unpaired) electrons. The normalized spacial score (nSPS) is 24.4. The molecule has 4 nitrogen and oxygen atoms in total. The maximum absolute atomic E-state index is 6.41. The molecule has 0 amide bonds. The Balaban J connectivity index is 1.82. The molecule has 1 aromatic carbocycles. The lowest BCUT2D eigenvalue weighted by atomic mass is 9.81. The average molecular weight is 290 g/mol. The number of benzene rings is 1. The van der Waals surface area contributed by atoms with E-state index in [1.54, 1.807) is 0 Å². The quantitative estimate of drug-likeness (QED) is 0.930. The van der Waals surface area contributed by atoms with Gasteiger partial charge >= 0.3 is 0 Å². The minimum Gasteiger partial charge on any atom is -0.493 e. The number of nitrogens with two attached hydrogens (primary N) is 1. The fraction of sp³-hybridized carbons (Fsp3) is 0.647. The van der Waals surface area contributed by atoms with Crippen molar-refractivity contribution in [1.82, 2.24) is 4.90 Å². The summed E-state index contributed by atoms with van der Waals surface area (Å²) in [6.45, 7) is 5.00. The van der Waals surface area contributed by atoms with Crippen molar-refractivity contribution in [1.29, 1.82) is 0 Å². The van der Waals surface area contributed by atoms with Gasteiger partial charge in [0.1, 0.15) is 17.1 Å². The number of hydrogen-bond donors (Lipinski definition) is 1. The Bertz CT molecular complexity index is 496. The average Bonchev–Trinajstić information content (AvgIpc) is 2.48. The van der Waals surface area contributed by atoms with Gasteiger partial charge in [-0.05, 0) is 32.4 Å². The molecule has 0 saturated carbocycles. The first-order valence-corrected chi connectivity index (χ1v) is 8.02. The fourth-order valence-electron chi connectivity index (χ4n) is 3.34. The Morgan fingerprint density at radius 2 is 2.14 bits per heavy atom. The number of ether oxygens (including phenoxy) is 2. The minimum atomic E-state index is -0.0810. The van der Waals surface area contributed by atoms with Crippen molar-refractivity contribution in [3.63, 3.8) is 0 Å². The van der Waals surface area contributed by atoms with Gasteiger partial charge in [-0.15, -0.1) is 0 Å². The second-order valence-corrected chi connectivity index (χ2v) is 6.45. The predicted octanol–water partition coefficient (Wildman–Crippen LogP) is 2.72. The number of piperidine rings is 1. The van der Waals surface area contributed by atoms with Crippen molar-refractivity contribution >= 4 is 0 Å². The summed E-state index contributed by atoms with van der Waals surface area (Å²) in [6.07, 6.45) is 4.03. The molecule has 2 aliphatic heterocycles. The summed E-state index contributed by atoms with van der Waals surface area (Å²) >= 11 is 0. The molecule has 2 heterocycles. The van der Waals surface area contributed by atoms with Crippen molar-refractivity contribution in [3.8, 4) is 11.5 Å². The Labute approximate surface area is 127 Å². The maximum atomic E-state index is 6.41. The van der Waals surface area contributed by atoms with Gasteiger partial charge < -0.3 is 20.1 Å². The van der Waals surface area contributed by atoms with E-state index >= 15 is 0 Å². The highest BCUT2D eigenvalue weighted by atomic mass is 16.5. The monoisotopic (exact) mass is 290 g/mol. The fourth-order valence-corrected chi connectivity index (χ4v) is 3.34. The standard InChI is InChI=1S/C17H26N2O2/c1-3-10-20-13-4-5-14-15(18)12-17(21-16(14)11-13)6-8-19(2)9-7-17/h4-5,11,15H,3,6-10,12,18H2,1-2H3. The Kier molecular flexibility index (Phi) is 4.09. The predicted molar refractivity (Wildman–Crippen MR) is 83.9 cm³/mol. The van der Waals surface area contributed by atoms with E-state index in [0.717, 1.165) is 62.4 Å². The summed E-state index contributed by atoms with van der Waals surface area (Å²) < 4.78 is 12.1. The lowest BCUT2D eigenvalue weighted by Gasteiger charge is -2.45. The Hall–Kier alpha value is -1.26. The van der Waals surface area contributed by atoms with Crippen LogP contribution in [-0.2, 0) is 0 Å². The Morgan fingerprint density at radius 1 is 1.38 bits per heavy atom. The molecule has 0 bridgehead atoms. The summed E-state index contributed by atoms with van der Waals surface area (Å²) in [7, 11) is 2.17. The molecule has 4 heteroatoms. The summed E-state index contributed by atoms with van der Waals surface area (Å²) in [4.78, 5) is 2.36. The highest BCUT2D eigenvalue weighted by molar-refractivity contribution is 5.44. The van der Waals surface area contributed by atoms with E-state index in [4.69, 9.17) is 15.2 Å². The first-order chi connectivity index (χ1) is 10.1. The van der Waals surface area contributed by atoms with Gasteiger partial charge in [-0.3, -0.25) is 0 Å². The Morgan fingerprint density at radius 3 is 2.86 bits per heavy atom. The molecule has 21 heavy (non-hydrogen) atoms. The van der Waals surface area contributed by atoms with Gasteiger partial charge in [-0.1, -0.05) is 13.0 Å². The van der Waals surface area contributed by atoms with Crippen LogP contribution >= 0.6 is 0 Å². The van der Waals surface area contributed by atoms with E-state index in [9.17, 15) is 0 Å². The van der Waals surface area contributed by atoms with Gasteiger partial charge in [0.05, 0.1) is 6.61 Å². The first kappa shape index (κ1) is 14.7. The molecule has 1 spiro atoms. The molecule has 1 atom stereocenters. The van der Waals surface area contributed by atoms with E-state index in [0.29, 0.717) is 0 Å². The number of likely N-dealkylation sites (tertiary alicyclic amines) is 1. The molecule has 2 aliphatic rings. The van der Waals surface area contributed by atoms with E-state index in [-0.39, 0.29) is 11.6 Å². The van der Waals surface area contributed by atoms with Crippen LogP contribution in [0.3, 0.4) is 0 Å².